The van der Waals surface area contributed by atoms with E-state index in [1.54, 1.807) is 30.3 Å². The van der Waals surface area contributed by atoms with Crippen LogP contribution >= 0.6 is 11.3 Å². The van der Waals surface area contributed by atoms with Gasteiger partial charge >= 0.3 is 0 Å². The maximum absolute atomic E-state index is 12.6. The van der Waals surface area contributed by atoms with Gasteiger partial charge in [-0.25, -0.2) is 13.4 Å². The Balaban J connectivity index is 1.49. The molecule has 4 rings (SSSR count). The Kier molecular flexibility index (Phi) is 5.92. The molecule has 30 heavy (non-hydrogen) atoms. The molecular weight excluding hydrogens is 422 g/mol. The highest BCUT2D eigenvalue weighted by molar-refractivity contribution is 7.92. The van der Waals surface area contributed by atoms with Crippen LogP contribution < -0.4 is 14.8 Å². The molecule has 3 aromatic rings. The van der Waals surface area contributed by atoms with Gasteiger partial charge in [-0.2, -0.15) is 0 Å². The highest BCUT2D eigenvalue weighted by Crippen LogP contribution is 2.31. The lowest BCUT2D eigenvalue weighted by molar-refractivity contribution is -0.120. The second-order valence-corrected chi connectivity index (χ2v) is 10.0. The number of carbonyl (C=O) groups is 1. The Morgan fingerprint density at radius 1 is 1.10 bits per heavy atom. The van der Waals surface area contributed by atoms with Crippen molar-refractivity contribution in [3.8, 4) is 5.75 Å². The first-order chi connectivity index (χ1) is 14.4. The largest absolute Gasteiger partial charge is 0.497 e. The number of rotatable bonds is 6. The van der Waals surface area contributed by atoms with Crippen molar-refractivity contribution in [2.24, 2.45) is 5.92 Å². The Hall–Kier alpha value is -2.65. The van der Waals surface area contributed by atoms with E-state index in [1.807, 2.05) is 0 Å². The van der Waals surface area contributed by atoms with Crippen molar-refractivity contribution in [2.45, 2.75) is 37.0 Å². The Morgan fingerprint density at radius 3 is 2.53 bits per heavy atom. The van der Waals surface area contributed by atoms with Gasteiger partial charge in [0.1, 0.15) is 5.75 Å². The third-order valence-corrected chi connectivity index (χ3v) is 7.56. The van der Waals surface area contributed by atoms with Crippen LogP contribution in [0.1, 0.15) is 32.1 Å². The van der Waals surface area contributed by atoms with E-state index in [1.165, 1.54) is 37.0 Å². The Labute approximate surface area is 179 Å². The molecule has 2 N–H and O–H groups in total. The van der Waals surface area contributed by atoms with Crippen LogP contribution in [0.25, 0.3) is 10.2 Å². The van der Waals surface area contributed by atoms with Gasteiger partial charge in [-0.15, -0.1) is 0 Å². The zero-order chi connectivity index (χ0) is 21.1. The summed E-state index contributed by atoms with van der Waals surface area (Å²) in [4.78, 5) is 17.1. The predicted molar refractivity (Wildman–Crippen MR) is 119 cm³/mol. The second-order valence-electron chi connectivity index (χ2n) is 7.31. The average molecular weight is 446 g/mol. The summed E-state index contributed by atoms with van der Waals surface area (Å²) in [6, 6.07) is 11.3. The van der Waals surface area contributed by atoms with E-state index in [9.17, 15) is 13.2 Å². The van der Waals surface area contributed by atoms with E-state index >= 15 is 0 Å². The normalized spacial score (nSPS) is 15.1. The molecule has 1 heterocycles. The van der Waals surface area contributed by atoms with E-state index in [4.69, 9.17) is 4.74 Å². The van der Waals surface area contributed by atoms with Gasteiger partial charge in [-0.1, -0.05) is 30.6 Å². The van der Waals surface area contributed by atoms with E-state index in [0.717, 1.165) is 30.4 Å². The van der Waals surface area contributed by atoms with Gasteiger partial charge in [-0.05, 0) is 55.3 Å². The molecule has 1 fully saturated rings. The molecule has 7 nitrogen and oxygen atoms in total. The van der Waals surface area contributed by atoms with Gasteiger partial charge in [-0.3, -0.25) is 9.52 Å². The SMILES string of the molecule is COc1ccc(S(=O)(=O)Nc2ccc3sc(NC(=O)C4CCCCC4)nc3c2)cc1. The van der Waals surface area contributed by atoms with Crippen LogP contribution in [0.4, 0.5) is 10.8 Å². The highest BCUT2D eigenvalue weighted by atomic mass is 32.2. The van der Waals surface area contributed by atoms with Crippen LogP contribution in [0.15, 0.2) is 47.4 Å². The molecule has 1 amide bonds. The lowest BCUT2D eigenvalue weighted by atomic mass is 9.89. The first kappa shape index (κ1) is 20.6. The number of sulfonamides is 1. The molecule has 2 aromatic carbocycles. The number of carbonyl (C=O) groups excluding carboxylic acids is 1. The summed E-state index contributed by atoms with van der Waals surface area (Å²) in [6.45, 7) is 0. The molecule has 158 valence electrons. The zero-order valence-corrected chi connectivity index (χ0v) is 18.2. The molecule has 1 aliphatic carbocycles. The number of methoxy groups -OCH3 is 1. The third-order valence-electron chi connectivity index (χ3n) is 5.22. The Morgan fingerprint density at radius 2 is 1.83 bits per heavy atom. The van der Waals surface area contributed by atoms with Crippen LogP contribution in [0.5, 0.6) is 5.75 Å². The maximum Gasteiger partial charge on any atom is 0.261 e. The summed E-state index contributed by atoms with van der Waals surface area (Å²) in [5, 5.41) is 3.46. The lowest BCUT2D eigenvalue weighted by Crippen LogP contribution is -2.24. The molecule has 9 heteroatoms. The first-order valence-corrected chi connectivity index (χ1v) is 12.1. The number of aromatic nitrogens is 1. The van der Waals surface area contributed by atoms with Crippen molar-refractivity contribution in [2.75, 3.05) is 17.1 Å². The van der Waals surface area contributed by atoms with Gasteiger partial charge in [0.25, 0.3) is 10.0 Å². The third kappa shape index (κ3) is 4.57. The summed E-state index contributed by atoms with van der Waals surface area (Å²) in [5.41, 5.74) is 1.04. The number of thiazole rings is 1. The summed E-state index contributed by atoms with van der Waals surface area (Å²) >= 11 is 1.38. The molecule has 0 spiro atoms. The molecule has 0 unspecified atom stereocenters. The molecule has 0 atom stereocenters. The lowest BCUT2D eigenvalue weighted by Gasteiger charge is -2.19. The molecule has 1 saturated carbocycles. The maximum atomic E-state index is 12.6. The fourth-order valence-electron chi connectivity index (χ4n) is 3.59. The van der Waals surface area contributed by atoms with Crippen molar-refractivity contribution in [1.82, 2.24) is 4.98 Å². The molecule has 1 aliphatic rings. The van der Waals surface area contributed by atoms with Crippen molar-refractivity contribution in [1.29, 1.82) is 0 Å². The summed E-state index contributed by atoms with van der Waals surface area (Å²) in [7, 11) is -2.21. The number of amides is 1. The summed E-state index contributed by atoms with van der Waals surface area (Å²) < 4.78 is 33.8. The summed E-state index contributed by atoms with van der Waals surface area (Å²) in [5.74, 6) is 0.660. The van der Waals surface area contributed by atoms with Crippen LogP contribution in [-0.4, -0.2) is 26.4 Å². The zero-order valence-electron chi connectivity index (χ0n) is 16.6. The second kappa shape index (κ2) is 8.61. The van der Waals surface area contributed by atoms with Crippen LogP contribution in [0.2, 0.25) is 0 Å². The minimum absolute atomic E-state index is 0.0224. The number of benzene rings is 2. The van der Waals surface area contributed by atoms with E-state index in [2.05, 4.69) is 15.0 Å². The number of hydrogen-bond acceptors (Lipinski definition) is 6. The number of anilines is 2. The smallest absolute Gasteiger partial charge is 0.261 e. The Bertz CT molecular complexity index is 1150. The topological polar surface area (TPSA) is 97.4 Å². The van der Waals surface area contributed by atoms with E-state index < -0.39 is 10.0 Å². The molecule has 0 aliphatic heterocycles. The molecule has 0 bridgehead atoms. The van der Waals surface area contributed by atoms with Crippen LogP contribution in [-0.2, 0) is 14.8 Å². The highest BCUT2D eigenvalue weighted by Gasteiger charge is 2.22. The summed E-state index contributed by atoms with van der Waals surface area (Å²) in [6.07, 6.45) is 5.23. The van der Waals surface area contributed by atoms with Gasteiger partial charge in [0.2, 0.25) is 5.91 Å². The van der Waals surface area contributed by atoms with Crippen molar-refractivity contribution in [3.05, 3.63) is 42.5 Å². The van der Waals surface area contributed by atoms with Crippen molar-refractivity contribution >= 4 is 48.3 Å². The minimum Gasteiger partial charge on any atom is -0.497 e. The van der Waals surface area contributed by atoms with E-state index in [0.29, 0.717) is 22.1 Å². The molecular formula is C21H23N3O4S2. The predicted octanol–water partition coefficient (Wildman–Crippen LogP) is 4.62. The van der Waals surface area contributed by atoms with Crippen molar-refractivity contribution in [3.63, 3.8) is 0 Å². The standard InChI is InChI=1S/C21H23N3O4S2/c1-28-16-8-10-17(11-9-16)30(26,27)24-15-7-12-19-18(13-15)22-21(29-19)23-20(25)14-5-3-2-4-6-14/h7-14,24H,2-6H2,1H3,(H,22,23,25). The fraction of sp³-hybridized carbons (Fsp3) is 0.333. The van der Waals surface area contributed by atoms with Gasteiger partial charge in [0.05, 0.1) is 27.9 Å². The minimum atomic E-state index is -3.73. The van der Waals surface area contributed by atoms with Gasteiger partial charge < -0.3 is 10.1 Å². The van der Waals surface area contributed by atoms with Gasteiger partial charge in [0.15, 0.2) is 5.13 Å². The number of ether oxygens (including phenoxy) is 1. The average Bonchev–Trinajstić information content (AvgIpc) is 3.15. The quantitative estimate of drug-likeness (QED) is 0.577. The van der Waals surface area contributed by atoms with Crippen LogP contribution in [0, 0.1) is 5.92 Å². The molecule has 0 radical (unpaired) electrons. The number of hydrogen-bond donors (Lipinski definition) is 2. The number of nitrogens with zero attached hydrogens (tertiary/aromatic N) is 1. The monoisotopic (exact) mass is 445 g/mol. The van der Waals surface area contributed by atoms with Gasteiger partial charge in [0, 0.05) is 5.92 Å². The van der Waals surface area contributed by atoms with E-state index in [-0.39, 0.29) is 16.7 Å². The van der Waals surface area contributed by atoms with Crippen LogP contribution in [0.3, 0.4) is 0 Å². The first-order valence-electron chi connectivity index (χ1n) is 9.83. The molecule has 1 aromatic heterocycles. The number of fused-ring (bicyclic) bond motifs is 1. The number of nitrogens with one attached hydrogen (secondary N) is 2. The molecule has 0 saturated heterocycles. The van der Waals surface area contributed by atoms with Crippen molar-refractivity contribution < 1.29 is 17.9 Å². The fourth-order valence-corrected chi connectivity index (χ4v) is 5.48.